The van der Waals surface area contributed by atoms with Crippen molar-refractivity contribution in [3.63, 3.8) is 0 Å². The molecule has 2 amide bonds. The van der Waals surface area contributed by atoms with E-state index in [9.17, 15) is 14.9 Å². The van der Waals surface area contributed by atoms with Crippen molar-refractivity contribution < 1.29 is 9.72 Å². The quantitative estimate of drug-likeness (QED) is 0.444. The number of nitrogens with two attached hydrogens (primary N) is 1. The van der Waals surface area contributed by atoms with E-state index in [0.29, 0.717) is 5.01 Å². The van der Waals surface area contributed by atoms with E-state index in [4.69, 9.17) is 11.3 Å². The van der Waals surface area contributed by atoms with Crippen LogP contribution in [0.25, 0.3) is 0 Å². The minimum Gasteiger partial charge on any atom is -0.350 e. The number of nitrogens with zero attached hydrogens (tertiary/aromatic N) is 3. The number of rotatable bonds is 3. The molecule has 0 aliphatic heterocycles. The second kappa shape index (κ2) is 4.13. The number of carbonyl (C=O) groups is 1. The molecule has 0 aliphatic carbocycles. The molecule has 0 radical (unpaired) electrons. The fraction of sp³-hybridized carbons (Fsp3) is 0. The summed E-state index contributed by atoms with van der Waals surface area (Å²) in [6.45, 7) is 0. The summed E-state index contributed by atoms with van der Waals surface area (Å²) in [5.74, 6) is 0. The van der Waals surface area contributed by atoms with Gasteiger partial charge in [0, 0.05) is 12.1 Å². The number of benzene rings is 1. The highest BCUT2D eigenvalue weighted by atomic mass is 16.6. The van der Waals surface area contributed by atoms with Gasteiger partial charge in [-0.25, -0.2) is 4.79 Å². The molecule has 1 rings (SSSR count). The summed E-state index contributed by atoms with van der Waals surface area (Å²) in [6, 6.07) is 4.01. The van der Waals surface area contributed by atoms with Crippen molar-refractivity contribution in [2.24, 2.45) is 11.0 Å². The zero-order chi connectivity index (χ0) is 11.4. The number of anilines is 1. The molecule has 1 aromatic rings. The molecule has 0 unspecified atom stereocenters. The number of hydrogen-bond donors (Lipinski definition) is 2. The maximum atomic E-state index is 10.8. The third kappa shape index (κ3) is 2.24. The number of urea groups is 1. The lowest BCUT2D eigenvalue weighted by Crippen LogP contribution is -2.30. The number of primary amides is 1. The average Bonchev–Trinajstić information content (AvgIpc) is 2.19. The molecular weight excluding hydrogens is 202 g/mol. The number of nitro groups is 1. The van der Waals surface area contributed by atoms with E-state index < -0.39 is 11.0 Å². The van der Waals surface area contributed by atoms with Crippen LogP contribution in [0.2, 0.25) is 0 Å². The van der Waals surface area contributed by atoms with Gasteiger partial charge in [-0.05, 0) is 12.1 Å². The Balaban J connectivity index is 3.02. The molecule has 0 aliphatic rings. The summed E-state index contributed by atoms with van der Waals surface area (Å²) in [4.78, 5) is 20.5. The molecule has 0 atom stereocenters. The first kappa shape index (κ1) is 10.6. The summed E-state index contributed by atoms with van der Waals surface area (Å²) < 4.78 is 0. The topological polar surface area (TPSA) is 126 Å². The molecule has 0 saturated heterocycles. The first-order valence-electron chi connectivity index (χ1n) is 3.77. The molecule has 8 nitrogen and oxygen atoms in total. The fourth-order valence-corrected chi connectivity index (χ4v) is 0.950. The lowest BCUT2D eigenvalue weighted by Gasteiger charge is -2.10. The van der Waals surface area contributed by atoms with Crippen molar-refractivity contribution in [3.8, 4) is 0 Å². The maximum Gasteiger partial charge on any atom is 0.341 e. The van der Waals surface area contributed by atoms with Crippen LogP contribution >= 0.6 is 0 Å². The highest BCUT2D eigenvalue weighted by Gasteiger charge is 2.12. The summed E-state index contributed by atoms with van der Waals surface area (Å²) >= 11 is 0. The molecule has 0 saturated carbocycles. The Bertz CT molecular complexity index is 402. The van der Waals surface area contributed by atoms with Crippen molar-refractivity contribution in [1.82, 2.24) is 0 Å². The van der Waals surface area contributed by atoms with Gasteiger partial charge in [0.1, 0.15) is 0 Å². The van der Waals surface area contributed by atoms with Gasteiger partial charge in [0.2, 0.25) is 0 Å². The van der Waals surface area contributed by atoms with Crippen LogP contribution in [0.4, 0.5) is 16.2 Å². The van der Waals surface area contributed by atoms with Gasteiger partial charge in [-0.15, -0.1) is 0 Å². The number of nitrogens with one attached hydrogen (secondary N) is 1. The molecule has 0 bridgehead atoms. The Hall–Kier alpha value is -2.51. The number of amides is 2. The van der Waals surface area contributed by atoms with E-state index in [-0.39, 0.29) is 11.4 Å². The summed E-state index contributed by atoms with van der Waals surface area (Å²) in [5, 5.41) is 13.8. The van der Waals surface area contributed by atoms with Gasteiger partial charge in [0.15, 0.2) is 0 Å². The first-order chi connectivity index (χ1) is 7.06. The molecule has 15 heavy (non-hydrogen) atoms. The molecular formula is C7H7N5O3. The van der Waals surface area contributed by atoms with E-state index in [1.807, 2.05) is 0 Å². The fourth-order valence-electron chi connectivity index (χ4n) is 0.950. The van der Waals surface area contributed by atoms with Crippen molar-refractivity contribution >= 4 is 17.4 Å². The second-order valence-corrected chi connectivity index (χ2v) is 2.52. The molecule has 0 spiro atoms. The van der Waals surface area contributed by atoms with Crippen molar-refractivity contribution in [2.75, 3.05) is 5.01 Å². The maximum absolute atomic E-state index is 10.8. The normalized spacial score (nSPS) is 9.33. The summed E-state index contributed by atoms with van der Waals surface area (Å²) in [5.41, 5.74) is 11.7. The van der Waals surface area contributed by atoms with Crippen LogP contribution in [0.5, 0.6) is 0 Å². The van der Waals surface area contributed by atoms with Crippen LogP contribution in [0, 0.1) is 15.6 Å². The van der Waals surface area contributed by atoms with Gasteiger partial charge in [0.25, 0.3) is 5.69 Å². The largest absolute Gasteiger partial charge is 0.350 e. The van der Waals surface area contributed by atoms with Crippen molar-refractivity contribution in [1.29, 1.82) is 5.53 Å². The molecule has 8 heteroatoms. The predicted molar refractivity (Wildman–Crippen MR) is 50.3 cm³/mol. The molecule has 0 heterocycles. The Morgan fingerprint density at radius 1 is 1.47 bits per heavy atom. The van der Waals surface area contributed by atoms with Gasteiger partial charge in [-0.3, -0.25) is 10.1 Å². The van der Waals surface area contributed by atoms with E-state index >= 15 is 0 Å². The van der Waals surface area contributed by atoms with E-state index in [1.54, 1.807) is 0 Å². The summed E-state index contributed by atoms with van der Waals surface area (Å²) in [6.07, 6.45) is 0. The highest BCUT2D eigenvalue weighted by molar-refractivity contribution is 5.89. The minimum atomic E-state index is -0.932. The zero-order valence-corrected chi connectivity index (χ0v) is 7.45. The van der Waals surface area contributed by atoms with Crippen LogP contribution in [-0.4, -0.2) is 11.0 Å². The number of nitro benzene ring substituents is 1. The van der Waals surface area contributed by atoms with Crippen LogP contribution in [0.3, 0.4) is 0 Å². The standard InChI is InChI=1S/C7H7N5O3/c8-7(13)11(10-9)5-1-3-6(4-2-5)12(14)15/h1-4,9H,(H2,8,13). The Kier molecular flexibility index (Phi) is 2.91. The minimum absolute atomic E-state index is 0.117. The van der Waals surface area contributed by atoms with E-state index in [2.05, 4.69) is 5.22 Å². The summed E-state index contributed by atoms with van der Waals surface area (Å²) in [7, 11) is 0. The van der Waals surface area contributed by atoms with Gasteiger partial charge in [-0.1, -0.05) is 5.22 Å². The lowest BCUT2D eigenvalue weighted by molar-refractivity contribution is -0.384. The molecule has 78 valence electrons. The first-order valence-corrected chi connectivity index (χ1v) is 3.77. The van der Waals surface area contributed by atoms with Gasteiger partial charge >= 0.3 is 6.03 Å². The van der Waals surface area contributed by atoms with Crippen LogP contribution in [0.1, 0.15) is 0 Å². The highest BCUT2D eigenvalue weighted by Crippen LogP contribution is 2.19. The average molecular weight is 209 g/mol. The van der Waals surface area contributed by atoms with Gasteiger partial charge in [-0.2, -0.15) is 10.5 Å². The third-order valence-corrected chi connectivity index (χ3v) is 1.61. The Morgan fingerprint density at radius 3 is 2.33 bits per heavy atom. The van der Waals surface area contributed by atoms with Crippen molar-refractivity contribution in [2.45, 2.75) is 0 Å². The van der Waals surface area contributed by atoms with Crippen molar-refractivity contribution in [3.05, 3.63) is 34.4 Å². The number of carbonyl (C=O) groups excluding carboxylic acids is 1. The third-order valence-electron chi connectivity index (χ3n) is 1.61. The van der Waals surface area contributed by atoms with E-state index in [0.717, 1.165) is 0 Å². The molecule has 0 aromatic heterocycles. The van der Waals surface area contributed by atoms with Gasteiger partial charge in [0.05, 0.1) is 10.6 Å². The van der Waals surface area contributed by atoms with Gasteiger partial charge < -0.3 is 5.73 Å². The molecule has 0 fully saturated rings. The second-order valence-electron chi connectivity index (χ2n) is 2.52. The number of non-ortho nitro benzene ring substituents is 1. The molecule has 3 N–H and O–H groups in total. The van der Waals surface area contributed by atoms with Crippen LogP contribution in [0.15, 0.2) is 29.5 Å². The number of hydrogen-bond acceptors (Lipinski definition) is 5. The SMILES string of the molecule is N=NN(C(N)=O)c1ccc([N+](=O)[O-])cc1. The molecule has 1 aromatic carbocycles. The lowest BCUT2D eigenvalue weighted by atomic mass is 10.3. The van der Waals surface area contributed by atoms with Crippen LogP contribution in [-0.2, 0) is 0 Å². The van der Waals surface area contributed by atoms with E-state index in [1.165, 1.54) is 24.3 Å². The zero-order valence-electron chi connectivity index (χ0n) is 7.45. The Labute approximate surface area is 83.9 Å². The van der Waals surface area contributed by atoms with Crippen LogP contribution < -0.4 is 10.7 Å². The monoisotopic (exact) mass is 209 g/mol. The smallest absolute Gasteiger partial charge is 0.341 e. The predicted octanol–water partition coefficient (Wildman–Crippen LogP) is 1.43. The Morgan fingerprint density at radius 2 is 2.00 bits per heavy atom.